The van der Waals surface area contributed by atoms with Crippen LogP contribution < -0.4 is 5.32 Å². The molecule has 0 aromatic carbocycles. The highest BCUT2D eigenvalue weighted by molar-refractivity contribution is 5.66. The summed E-state index contributed by atoms with van der Waals surface area (Å²) in [6.45, 7) is 2.13. The van der Waals surface area contributed by atoms with Gasteiger partial charge in [-0.3, -0.25) is 4.79 Å². The first kappa shape index (κ1) is 12.5. The zero-order valence-electron chi connectivity index (χ0n) is 9.17. The second-order valence-electron chi connectivity index (χ2n) is 4.54. The molecular formula is C11H21NO3. The van der Waals surface area contributed by atoms with Crippen molar-refractivity contribution in [2.45, 2.75) is 38.5 Å². The number of unbranched alkanes of at least 4 members (excludes halogenated alkanes) is 2. The monoisotopic (exact) mass is 215 g/mol. The summed E-state index contributed by atoms with van der Waals surface area (Å²) in [6, 6.07) is 0. The molecule has 3 N–H and O–H groups in total. The minimum atomic E-state index is -0.708. The van der Waals surface area contributed by atoms with Crippen LogP contribution in [-0.2, 0) is 4.79 Å². The lowest BCUT2D eigenvalue weighted by Crippen LogP contribution is -2.27. The normalized spacial score (nSPS) is 17.7. The quantitative estimate of drug-likeness (QED) is 0.502. The fraction of sp³-hybridized carbons (Fsp3) is 0.909. The Morgan fingerprint density at radius 1 is 1.27 bits per heavy atom. The van der Waals surface area contributed by atoms with E-state index in [4.69, 9.17) is 10.2 Å². The maximum Gasteiger partial charge on any atom is 0.303 e. The highest BCUT2D eigenvalue weighted by atomic mass is 16.4. The van der Waals surface area contributed by atoms with Crippen molar-refractivity contribution in [2.24, 2.45) is 5.41 Å². The molecule has 0 saturated heterocycles. The van der Waals surface area contributed by atoms with Gasteiger partial charge >= 0.3 is 5.97 Å². The Morgan fingerprint density at radius 3 is 2.53 bits per heavy atom. The molecule has 0 radical (unpaired) electrons. The van der Waals surface area contributed by atoms with E-state index in [1.54, 1.807) is 0 Å². The van der Waals surface area contributed by atoms with Crippen molar-refractivity contribution in [1.82, 2.24) is 5.32 Å². The van der Waals surface area contributed by atoms with Crippen LogP contribution in [0.3, 0.4) is 0 Å². The van der Waals surface area contributed by atoms with Crippen LogP contribution in [0.2, 0.25) is 0 Å². The maximum absolute atomic E-state index is 10.2. The second-order valence-corrected chi connectivity index (χ2v) is 4.54. The van der Waals surface area contributed by atoms with Crippen molar-refractivity contribution in [1.29, 1.82) is 0 Å². The van der Waals surface area contributed by atoms with Crippen LogP contribution in [0.25, 0.3) is 0 Å². The van der Waals surface area contributed by atoms with E-state index < -0.39 is 5.97 Å². The van der Waals surface area contributed by atoms with Gasteiger partial charge in [0.1, 0.15) is 0 Å². The van der Waals surface area contributed by atoms with Crippen LogP contribution in [-0.4, -0.2) is 35.9 Å². The van der Waals surface area contributed by atoms with Crippen molar-refractivity contribution < 1.29 is 15.0 Å². The fourth-order valence-corrected chi connectivity index (χ4v) is 1.62. The van der Waals surface area contributed by atoms with Gasteiger partial charge in [-0.05, 0) is 32.2 Å². The molecule has 4 nitrogen and oxygen atoms in total. The summed E-state index contributed by atoms with van der Waals surface area (Å²) in [4.78, 5) is 10.2. The largest absolute Gasteiger partial charge is 0.481 e. The SMILES string of the molecule is O=C(O)CCCCCNCC1(CO)CC1. The third kappa shape index (κ3) is 5.14. The molecule has 0 unspecified atom stereocenters. The molecule has 0 heterocycles. The number of hydrogen-bond acceptors (Lipinski definition) is 3. The van der Waals surface area contributed by atoms with Crippen molar-refractivity contribution in [2.75, 3.05) is 19.7 Å². The molecule has 15 heavy (non-hydrogen) atoms. The van der Waals surface area contributed by atoms with Gasteiger partial charge < -0.3 is 15.5 Å². The molecule has 0 atom stereocenters. The molecule has 88 valence electrons. The lowest BCUT2D eigenvalue weighted by molar-refractivity contribution is -0.137. The van der Waals surface area contributed by atoms with Gasteiger partial charge in [-0.25, -0.2) is 0 Å². The van der Waals surface area contributed by atoms with Crippen LogP contribution in [0.1, 0.15) is 38.5 Å². The van der Waals surface area contributed by atoms with Gasteiger partial charge in [0.25, 0.3) is 0 Å². The zero-order valence-corrected chi connectivity index (χ0v) is 9.17. The number of rotatable bonds is 9. The Balaban J connectivity index is 1.83. The summed E-state index contributed by atoms with van der Waals surface area (Å²) in [6.07, 6.45) is 5.30. The molecular weight excluding hydrogens is 194 g/mol. The van der Waals surface area contributed by atoms with E-state index in [2.05, 4.69) is 5.32 Å². The smallest absolute Gasteiger partial charge is 0.303 e. The first-order valence-corrected chi connectivity index (χ1v) is 5.72. The van der Waals surface area contributed by atoms with Gasteiger partial charge in [0.05, 0.1) is 0 Å². The van der Waals surface area contributed by atoms with Gasteiger partial charge in [-0.2, -0.15) is 0 Å². The third-order valence-corrected chi connectivity index (χ3v) is 3.04. The molecule has 1 rings (SSSR count). The summed E-state index contributed by atoms with van der Waals surface area (Å²) in [5.74, 6) is -0.708. The molecule has 1 fully saturated rings. The molecule has 0 spiro atoms. The molecule has 1 aliphatic rings. The Labute approximate surface area is 90.7 Å². The van der Waals surface area contributed by atoms with E-state index in [0.29, 0.717) is 6.61 Å². The maximum atomic E-state index is 10.2. The number of hydrogen-bond donors (Lipinski definition) is 3. The first-order valence-electron chi connectivity index (χ1n) is 5.72. The van der Waals surface area contributed by atoms with Crippen molar-refractivity contribution >= 4 is 5.97 Å². The van der Waals surface area contributed by atoms with E-state index >= 15 is 0 Å². The Morgan fingerprint density at radius 2 is 2.00 bits per heavy atom. The number of carbonyl (C=O) groups is 1. The summed E-state index contributed by atoms with van der Waals surface area (Å²) >= 11 is 0. The van der Waals surface area contributed by atoms with E-state index in [1.165, 1.54) is 0 Å². The van der Waals surface area contributed by atoms with Crippen molar-refractivity contribution in [3.8, 4) is 0 Å². The Bertz CT molecular complexity index is 202. The lowest BCUT2D eigenvalue weighted by atomic mass is 10.1. The number of carboxylic acid groups (broad SMARTS) is 1. The number of aliphatic hydroxyl groups is 1. The minimum absolute atomic E-state index is 0.182. The average Bonchev–Trinajstić information content (AvgIpc) is 2.97. The van der Waals surface area contributed by atoms with Crippen LogP contribution >= 0.6 is 0 Å². The van der Waals surface area contributed by atoms with Crippen LogP contribution in [0.15, 0.2) is 0 Å². The van der Waals surface area contributed by atoms with Gasteiger partial charge in [-0.15, -0.1) is 0 Å². The predicted octanol–water partition coefficient (Wildman–Crippen LogP) is 0.993. The third-order valence-electron chi connectivity index (χ3n) is 3.04. The topological polar surface area (TPSA) is 69.6 Å². The molecule has 1 aliphatic carbocycles. The highest BCUT2D eigenvalue weighted by Gasteiger charge is 2.41. The van der Waals surface area contributed by atoms with E-state index in [-0.39, 0.29) is 11.8 Å². The second kappa shape index (κ2) is 6.08. The molecule has 0 bridgehead atoms. The summed E-state index contributed by atoms with van der Waals surface area (Å²) in [5.41, 5.74) is 0.182. The first-order chi connectivity index (χ1) is 7.18. The molecule has 0 amide bonds. The summed E-state index contributed by atoms with van der Waals surface area (Å²) < 4.78 is 0. The highest BCUT2D eigenvalue weighted by Crippen LogP contribution is 2.44. The Kier molecular flexibility index (Phi) is 5.05. The van der Waals surface area contributed by atoms with Gasteiger partial charge in [-0.1, -0.05) is 6.42 Å². The van der Waals surface area contributed by atoms with E-state index in [1.807, 2.05) is 0 Å². The standard InChI is InChI=1S/C11H21NO3/c13-9-11(5-6-11)8-12-7-3-1-2-4-10(14)15/h12-13H,1-9H2,(H,14,15). The zero-order chi connectivity index (χ0) is 11.1. The van der Waals surface area contributed by atoms with E-state index in [0.717, 1.165) is 45.2 Å². The summed E-state index contributed by atoms with van der Waals surface area (Å²) in [7, 11) is 0. The van der Waals surface area contributed by atoms with E-state index in [9.17, 15) is 4.79 Å². The lowest BCUT2D eigenvalue weighted by Gasteiger charge is -2.12. The number of aliphatic hydroxyl groups excluding tert-OH is 1. The molecule has 0 aromatic heterocycles. The summed E-state index contributed by atoms with van der Waals surface area (Å²) in [5, 5.41) is 20.8. The van der Waals surface area contributed by atoms with Crippen LogP contribution in [0.4, 0.5) is 0 Å². The van der Waals surface area contributed by atoms with Gasteiger partial charge in [0.2, 0.25) is 0 Å². The van der Waals surface area contributed by atoms with Crippen molar-refractivity contribution in [3.05, 3.63) is 0 Å². The molecule has 0 aliphatic heterocycles. The van der Waals surface area contributed by atoms with Crippen LogP contribution in [0, 0.1) is 5.41 Å². The van der Waals surface area contributed by atoms with Crippen LogP contribution in [0.5, 0.6) is 0 Å². The van der Waals surface area contributed by atoms with Crippen molar-refractivity contribution in [3.63, 3.8) is 0 Å². The molecule has 1 saturated carbocycles. The predicted molar refractivity (Wildman–Crippen MR) is 57.7 cm³/mol. The van der Waals surface area contributed by atoms with Gasteiger partial charge in [0, 0.05) is 25.0 Å². The number of aliphatic carboxylic acids is 1. The average molecular weight is 215 g/mol. The molecule has 0 aromatic rings. The molecule has 4 heteroatoms. The number of carboxylic acids is 1. The minimum Gasteiger partial charge on any atom is -0.481 e. The fourth-order valence-electron chi connectivity index (χ4n) is 1.62. The number of nitrogens with one attached hydrogen (secondary N) is 1. The Hall–Kier alpha value is -0.610. The van der Waals surface area contributed by atoms with Gasteiger partial charge in [0.15, 0.2) is 0 Å².